The maximum absolute atomic E-state index is 10.4. The van der Waals surface area contributed by atoms with Crippen molar-refractivity contribution in [2.24, 2.45) is 23.2 Å². The number of hydrogen-bond acceptors (Lipinski definition) is 1. The van der Waals surface area contributed by atoms with Crippen LogP contribution >= 0.6 is 0 Å². The summed E-state index contributed by atoms with van der Waals surface area (Å²) < 4.78 is 0. The standard InChI is InChI=1S/C15H26O/c1-10(2)14(16)12-7-9-15(4)8-5-6-11(3)13(12)15/h10,12-14,16H,3,5-9H2,1-2,4H3/t12-,13+,14+,15+/m1/s1. The predicted molar refractivity (Wildman–Crippen MR) is 68.2 cm³/mol. The molecule has 92 valence electrons. The summed E-state index contributed by atoms with van der Waals surface area (Å²) >= 11 is 0. The molecule has 0 amide bonds. The van der Waals surface area contributed by atoms with Gasteiger partial charge in [-0.05, 0) is 55.3 Å². The highest BCUT2D eigenvalue weighted by atomic mass is 16.3. The molecule has 1 heteroatoms. The summed E-state index contributed by atoms with van der Waals surface area (Å²) in [6.07, 6.45) is 6.15. The SMILES string of the molecule is C=C1CCC[C@@]2(C)CC[C@@H]([C@@H](O)C(C)C)[C@H]12. The normalized spacial score (nSPS) is 41.2. The quantitative estimate of drug-likeness (QED) is 0.705. The van der Waals surface area contributed by atoms with Crippen LogP contribution in [0.15, 0.2) is 12.2 Å². The van der Waals surface area contributed by atoms with Crippen molar-refractivity contribution < 1.29 is 5.11 Å². The van der Waals surface area contributed by atoms with Gasteiger partial charge in [-0.1, -0.05) is 32.9 Å². The van der Waals surface area contributed by atoms with Crippen LogP contribution in [0.3, 0.4) is 0 Å². The molecule has 0 aromatic heterocycles. The van der Waals surface area contributed by atoms with E-state index in [1.807, 2.05) is 0 Å². The highest BCUT2D eigenvalue weighted by Crippen LogP contribution is 2.57. The molecule has 2 aliphatic rings. The molecule has 0 saturated heterocycles. The number of allylic oxidation sites excluding steroid dienone is 1. The smallest absolute Gasteiger partial charge is 0.0597 e. The topological polar surface area (TPSA) is 20.2 Å². The Hall–Kier alpha value is -0.300. The summed E-state index contributed by atoms with van der Waals surface area (Å²) in [6.45, 7) is 11.0. The highest BCUT2D eigenvalue weighted by molar-refractivity contribution is 5.16. The second-order valence-corrected chi connectivity index (χ2v) is 6.58. The third-order valence-electron chi connectivity index (χ3n) is 5.04. The number of aliphatic hydroxyl groups is 1. The Balaban J connectivity index is 2.21. The molecule has 2 aliphatic carbocycles. The van der Waals surface area contributed by atoms with E-state index in [4.69, 9.17) is 0 Å². The fraction of sp³-hybridized carbons (Fsp3) is 0.867. The molecule has 1 N–H and O–H groups in total. The lowest BCUT2D eigenvalue weighted by Crippen LogP contribution is -2.36. The summed E-state index contributed by atoms with van der Waals surface area (Å²) in [5.41, 5.74) is 1.85. The molecule has 4 atom stereocenters. The Kier molecular flexibility index (Phi) is 3.18. The molecule has 0 spiro atoms. The molecule has 0 aliphatic heterocycles. The van der Waals surface area contributed by atoms with E-state index in [0.29, 0.717) is 23.2 Å². The van der Waals surface area contributed by atoms with E-state index in [0.717, 1.165) is 0 Å². The van der Waals surface area contributed by atoms with Crippen LogP contribution in [-0.2, 0) is 0 Å². The van der Waals surface area contributed by atoms with Crippen molar-refractivity contribution in [3.8, 4) is 0 Å². The molecule has 2 rings (SSSR count). The van der Waals surface area contributed by atoms with Crippen LogP contribution in [0.25, 0.3) is 0 Å². The summed E-state index contributed by atoms with van der Waals surface area (Å²) in [7, 11) is 0. The van der Waals surface area contributed by atoms with Gasteiger partial charge >= 0.3 is 0 Å². The maximum atomic E-state index is 10.4. The lowest BCUT2D eigenvalue weighted by molar-refractivity contribution is 0.0320. The fourth-order valence-corrected chi connectivity index (χ4v) is 4.15. The van der Waals surface area contributed by atoms with E-state index >= 15 is 0 Å². The molecular weight excluding hydrogens is 196 g/mol. The van der Waals surface area contributed by atoms with Gasteiger partial charge in [-0.25, -0.2) is 0 Å². The monoisotopic (exact) mass is 222 g/mol. The molecule has 0 unspecified atom stereocenters. The number of rotatable bonds is 2. The van der Waals surface area contributed by atoms with Crippen LogP contribution in [0.2, 0.25) is 0 Å². The van der Waals surface area contributed by atoms with Gasteiger partial charge in [-0.15, -0.1) is 0 Å². The predicted octanol–water partition coefficient (Wildman–Crippen LogP) is 3.78. The van der Waals surface area contributed by atoms with Crippen LogP contribution in [0, 0.1) is 23.2 Å². The number of aliphatic hydroxyl groups excluding tert-OH is 1. The van der Waals surface area contributed by atoms with E-state index in [1.165, 1.54) is 37.7 Å². The highest BCUT2D eigenvalue weighted by Gasteiger charge is 2.50. The van der Waals surface area contributed by atoms with Crippen molar-refractivity contribution in [3.63, 3.8) is 0 Å². The second kappa shape index (κ2) is 4.18. The third-order valence-corrected chi connectivity index (χ3v) is 5.04. The van der Waals surface area contributed by atoms with E-state index < -0.39 is 0 Å². The summed E-state index contributed by atoms with van der Waals surface area (Å²) in [5.74, 6) is 1.43. The van der Waals surface area contributed by atoms with Gasteiger partial charge in [0, 0.05) is 0 Å². The Morgan fingerprint density at radius 1 is 1.38 bits per heavy atom. The van der Waals surface area contributed by atoms with Crippen molar-refractivity contribution in [2.75, 3.05) is 0 Å². The maximum Gasteiger partial charge on any atom is 0.0597 e. The first kappa shape index (κ1) is 12.2. The van der Waals surface area contributed by atoms with Crippen molar-refractivity contribution in [2.45, 2.75) is 59.0 Å². The van der Waals surface area contributed by atoms with Gasteiger partial charge in [0.05, 0.1) is 6.10 Å². The van der Waals surface area contributed by atoms with Gasteiger partial charge in [-0.3, -0.25) is 0 Å². The first-order valence-electron chi connectivity index (χ1n) is 6.81. The van der Waals surface area contributed by atoms with Crippen LogP contribution in [-0.4, -0.2) is 11.2 Å². The Labute approximate surface area is 99.9 Å². The zero-order valence-corrected chi connectivity index (χ0v) is 11.0. The minimum absolute atomic E-state index is 0.137. The fourth-order valence-electron chi connectivity index (χ4n) is 4.15. The average Bonchev–Trinajstić information content (AvgIpc) is 2.55. The van der Waals surface area contributed by atoms with Crippen molar-refractivity contribution in [1.82, 2.24) is 0 Å². The van der Waals surface area contributed by atoms with E-state index in [-0.39, 0.29) is 6.10 Å². The molecule has 1 nitrogen and oxygen atoms in total. The van der Waals surface area contributed by atoms with Gasteiger partial charge in [-0.2, -0.15) is 0 Å². The van der Waals surface area contributed by atoms with Gasteiger partial charge < -0.3 is 5.11 Å². The Morgan fingerprint density at radius 2 is 2.06 bits per heavy atom. The molecule has 2 fully saturated rings. The van der Waals surface area contributed by atoms with Gasteiger partial charge in [0.25, 0.3) is 0 Å². The number of fused-ring (bicyclic) bond motifs is 1. The summed E-state index contributed by atoms with van der Waals surface area (Å²) in [6, 6.07) is 0. The molecule has 0 radical (unpaired) electrons. The van der Waals surface area contributed by atoms with E-state index in [9.17, 15) is 5.11 Å². The van der Waals surface area contributed by atoms with Gasteiger partial charge in [0.1, 0.15) is 0 Å². The summed E-state index contributed by atoms with van der Waals surface area (Å²) in [5, 5.41) is 10.4. The lowest BCUT2D eigenvalue weighted by atomic mass is 9.64. The molecule has 0 aromatic carbocycles. The summed E-state index contributed by atoms with van der Waals surface area (Å²) in [4.78, 5) is 0. The minimum Gasteiger partial charge on any atom is -0.393 e. The molecule has 0 bridgehead atoms. The lowest BCUT2D eigenvalue weighted by Gasteiger charge is -2.41. The molecular formula is C15H26O. The van der Waals surface area contributed by atoms with Crippen molar-refractivity contribution in [1.29, 1.82) is 0 Å². The minimum atomic E-state index is -0.137. The zero-order chi connectivity index (χ0) is 11.9. The molecule has 2 saturated carbocycles. The third kappa shape index (κ3) is 1.84. The molecule has 0 aromatic rings. The van der Waals surface area contributed by atoms with Crippen LogP contribution < -0.4 is 0 Å². The first-order chi connectivity index (χ1) is 7.46. The largest absolute Gasteiger partial charge is 0.393 e. The van der Waals surface area contributed by atoms with Crippen molar-refractivity contribution in [3.05, 3.63) is 12.2 Å². The van der Waals surface area contributed by atoms with Crippen molar-refractivity contribution >= 4 is 0 Å². The Bertz CT molecular complexity index is 281. The van der Waals surface area contributed by atoms with Gasteiger partial charge in [0.2, 0.25) is 0 Å². The van der Waals surface area contributed by atoms with E-state index in [1.54, 1.807) is 0 Å². The molecule has 16 heavy (non-hydrogen) atoms. The first-order valence-corrected chi connectivity index (χ1v) is 6.81. The molecule has 0 heterocycles. The van der Waals surface area contributed by atoms with Crippen LogP contribution in [0.4, 0.5) is 0 Å². The second-order valence-electron chi connectivity index (χ2n) is 6.58. The van der Waals surface area contributed by atoms with E-state index in [2.05, 4.69) is 27.4 Å². The average molecular weight is 222 g/mol. The zero-order valence-electron chi connectivity index (χ0n) is 11.0. The Morgan fingerprint density at radius 3 is 2.69 bits per heavy atom. The van der Waals surface area contributed by atoms with Crippen LogP contribution in [0.5, 0.6) is 0 Å². The van der Waals surface area contributed by atoms with Gasteiger partial charge in [0.15, 0.2) is 0 Å². The van der Waals surface area contributed by atoms with Crippen LogP contribution in [0.1, 0.15) is 52.9 Å². The number of hydrogen-bond donors (Lipinski definition) is 1.